The zero-order valence-corrected chi connectivity index (χ0v) is 12.4. The van der Waals surface area contributed by atoms with Gasteiger partial charge in [-0.05, 0) is 30.8 Å². The SMILES string of the molecule is CCCn1cccc(-c2n[nH]c(=S)n2CCOC)c1=O. The Labute approximate surface area is 122 Å². The quantitative estimate of drug-likeness (QED) is 0.825. The second kappa shape index (κ2) is 6.62. The minimum atomic E-state index is -0.0537. The topological polar surface area (TPSA) is 64.8 Å². The summed E-state index contributed by atoms with van der Waals surface area (Å²) in [5.74, 6) is 0.558. The number of aryl methyl sites for hydroxylation is 1. The Bertz CT molecular complexity index is 686. The Morgan fingerprint density at radius 2 is 2.25 bits per heavy atom. The van der Waals surface area contributed by atoms with Crippen LogP contribution in [0, 0.1) is 4.77 Å². The maximum Gasteiger partial charge on any atom is 0.261 e. The number of hydrogen-bond acceptors (Lipinski definition) is 4. The van der Waals surface area contributed by atoms with Gasteiger partial charge >= 0.3 is 0 Å². The molecule has 0 aliphatic carbocycles. The lowest BCUT2D eigenvalue weighted by Gasteiger charge is -2.08. The number of nitrogens with zero attached hydrogens (tertiary/aromatic N) is 3. The summed E-state index contributed by atoms with van der Waals surface area (Å²) >= 11 is 5.19. The van der Waals surface area contributed by atoms with Gasteiger partial charge in [-0.1, -0.05) is 6.92 Å². The van der Waals surface area contributed by atoms with E-state index in [4.69, 9.17) is 17.0 Å². The van der Waals surface area contributed by atoms with Gasteiger partial charge in [0.15, 0.2) is 10.6 Å². The van der Waals surface area contributed by atoms with Gasteiger partial charge in [0, 0.05) is 19.9 Å². The van der Waals surface area contributed by atoms with Crippen molar-refractivity contribution in [2.75, 3.05) is 13.7 Å². The van der Waals surface area contributed by atoms with Crippen molar-refractivity contribution in [2.45, 2.75) is 26.4 Å². The second-order valence-corrected chi connectivity index (χ2v) is 4.80. The smallest absolute Gasteiger partial charge is 0.261 e. The van der Waals surface area contributed by atoms with E-state index < -0.39 is 0 Å². The van der Waals surface area contributed by atoms with Crippen molar-refractivity contribution in [1.29, 1.82) is 0 Å². The maximum atomic E-state index is 12.4. The Kier molecular flexibility index (Phi) is 4.86. The first-order chi connectivity index (χ1) is 9.69. The van der Waals surface area contributed by atoms with E-state index in [0.29, 0.717) is 35.9 Å². The Balaban J connectivity index is 2.49. The molecule has 0 saturated heterocycles. The van der Waals surface area contributed by atoms with Gasteiger partial charge in [-0.15, -0.1) is 0 Å². The van der Waals surface area contributed by atoms with Crippen LogP contribution in [0.3, 0.4) is 0 Å². The van der Waals surface area contributed by atoms with Crippen LogP contribution in [0.15, 0.2) is 23.1 Å². The lowest BCUT2D eigenvalue weighted by Crippen LogP contribution is -2.22. The number of H-pyrrole nitrogens is 1. The third-order valence-corrected chi connectivity index (χ3v) is 3.31. The van der Waals surface area contributed by atoms with Crippen LogP contribution in [0.4, 0.5) is 0 Å². The van der Waals surface area contributed by atoms with Crippen molar-refractivity contribution in [3.05, 3.63) is 33.5 Å². The van der Waals surface area contributed by atoms with Gasteiger partial charge in [-0.3, -0.25) is 14.5 Å². The van der Waals surface area contributed by atoms with Crippen molar-refractivity contribution < 1.29 is 4.74 Å². The van der Waals surface area contributed by atoms with E-state index >= 15 is 0 Å². The van der Waals surface area contributed by atoms with Gasteiger partial charge in [-0.2, -0.15) is 5.10 Å². The third kappa shape index (κ3) is 2.88. The molecule has 0 saturated carbocycles. The summed E-state index contributed by atoms with van der Waals surface area (Å²) in [6.45, 7) is 3.80. The molecule has 2 heterocycles. The fourth-order valence-electron chi connectivity index (χ4n) is 2.04. The first-order valence-electron chi connectivity index (χ1n) is 6.53. The van der Waals surface area contributed by atoms with Crippen LogP contribution in [0.5, 0.6) is 0 Å². The highest BCUT2D eigenvalue weighted by Crippen LogP contribution is 2.12. The van der Waals surface area contributed by atoms with Crippen LogP contribution in [0.1, 0.15) is 13.3 Å². The maximum absolute atomic E-state index is 12.4. The highest BCUT2D eigenvalue weighted by atomic mass is 32.1. The van der Waals surface area contributed by atoms with Gasteiger partial charge in [0.25, 0.3) is 5.56 Å². The predicted molar refractivity (Wildman–Crippen MR) is 79.3 cm³/mol. The molecule has 20 heavy (non-hydrogen) atoms. The van der Waals surface area contributed by atoms with Crippen LogP contribution in [0.25, 0.3) is 11.4 Å². The number of rotatable bonds is 6. The molecule has 1 N–H and O–H groups in total. The molecule has 0 amide bonds. The Hall–Kier alpha value is -1.73. The number of ether oxygens (including phenoxy) is 1. The number of pyridine rings is 1. The van der Waals surface area contributed by atoms with Gasteiger partial charge in [0.1, 0.15) is 0 Å². The molecular weight excluding hydrogens is 276 g/mol. The molecule has 0 aromatic carbocycles. The van der Waals surface area contributed by atoms with E-state index in [2.05, 4.69) is 10.2 Å². The number of nitrogens with one attached hydrogen (secondary N) is 1. The first kappa shape index (κ1) is 14.7. The van der Waals surface area contributed by atoms with Gasteiger partial charge in [0.05, 0.1) is 18.7 Å². The minimum Gasteiger partial charge on any atom is -0.383 e. The highest BCUT2D eigenvalue weighted by Gasteiger charge is 2.13. The fraction of sp³-hybridized carbons (Fsp3) is 0.462. The Morgan fingerprint density at radius 1 is 1.45 bits per heavy atom. The lowest BCUT2D eigenvalue weighted by atomic mass is 10.2. The molecule has 6 nitrogen and oxygen atoms in total. The summed E-state index contributed by atoms with van der Waals surface area (Å²) in [4.78, 5) is 12.4. The van der Waals surface area contributed by atoms with Crippen molar-refractivity contribution in [1.82, 2.24) is 19.3 Å². The van der Waals surface area contributed by atoms with Crippen molar-refractivity contribution in [3.63, 3.8) is 0 Å². The molecule has 7 heteroatoms. The number of methoxy groups -OCH3 is 1. The number of hydrogen-bond donors (Lipinski definition) is 1. The molecule has 0 atom stereocenters. The normalized spacial score (nSPS) is 10.9. The van der Waals surface area contributed by atoms with E-state index in [9.17, 15) is 4.79 Å². The van der Waals surface area contributed by atoms with Crippen LogP contribution in [-0.2, 0) is 17.8 Å². The second-order valence-electron chi connectivity index (χ2n) is 4.42. The summed E-state index contributed by atoms with van der Waals surface area (Å²) in [5, 5.41) is 6.91. The molecule has 108 valence electrons. The molecule has 0 aliphatic rings. The van der Waals surface area contributed by atoms with Crippen LogP contribution >= 0.6 is 12.2 Å². The first-order valence-corrected chi connectivity index (χ1v) is 6.93. The molecule has 2 aromatic heterocycles. The molecular formula is C13H18N4O2S. The predicted octanol–water partition coefficient (Wildman–Crippen LogP) is 1.83. The lowest BCUT2D eigenvalue weighted by molar-refractivity contribution is 0.187. The summed E-state index contributed by atoms with van der Waals surface area (Å²) in [7, 11) is 1.63. The van der Waals surface area contributed by atoms with E-state index in [1.165, 1.54) is 0 Å². The van der Waals surface area contributed by atoms with E-state index in [1.54, 1.807) is 28.5 Å². The summed E-state index contributed by atoms with van der Waals surface area (Å²) < 4.78 is 9.02. The van der Waals surface area contributed by atoms with Crippen LogP contribution in [0.2, 0.25) is 0 Å². The van der Waals surface area contributed by atoms with Gasteiger partial charge in [-0.25, -0.2) is 0 Å². The molecule has 2 aromatic rings. The molecule has 0 spiro atoms. The average Bonchev–Trinajstić information content (AvgIpc) is 2.80. The average molecular weight is 294 g/mol. The highest BCUT2D eigenvalue weighted by molar-refractivity contribution is 7.71. The summed E-state index contributed by atoms with van der Waals surface area (Å²) in [5.41, 5.74) is 0.492. The summed E-state index contributed by atoms with van der Waals surface area (Å²) in [6, 6.07) is 3.62. The molecule has 2 rings (SSSR count). The molecule has 0 aliphatic heterocycles. The molecule has 0 unspecified atom stereocenters. The Morgan fingerprint density at radius 3 is 2.95 bits per heavy atom. The zero-order valence-electron chi connectivity index (χ0n) is 11.6. The van der Waals surface area contributed by atoms with Crippen molar-refractivity contribution in [3.8, 4) is 11.4 Å². The minimum absolute atomic E-state index is 0.0537. The largest absolute Gasteiger partial charge is 0.383 e. The zero-order chi connectivity index (χ0) is 14.5. The molecule has 0 radical (unpaired) electrons. The third-order valence-electron chi connectivity index (χ3n) is 3.00. The standard InChI is InChI=1S/C13H18N4O2S/c1-3-6-16-7-4-5-10(12(16)18)11-14-15-13(20)17(11)8-9-19-2/h4-5,7H,3,6,8-9H2,1-2H3,(H,15,20). The monoisotopic (exact) mass is 294 g/mol. The molecule has 0 fully saturated rings. The van der Waals surface area contributed by atoms with E-state index in [0.717, 1.165) is 6.42 Å². The summed E-state index contributed by atoms with van der Waals surface area (Å²) in [6.07, 6.45) is 2.69. The van der Waals surface area contributed by atoms with E-state index in [-0.39, 0.29) is 5.56 Å². The van der Waals surface area contributed by atoms with Gasteiger partial charge in [0.2, 0.25) is 0 Å². The van der Waals surface area contributed by atoms with Crippen molar-refractivity contribution >= 4 is 12.2 Å². The van der Waals surface area contributed by atoms with Gasteiger partial charge < -0.3 is 9.30 Å². The van der Waals surface area contributed by atoms with Crippen LogP contribution in [-0.4, -0.2) is 33.0 Å². The van der Waals surface area contributed by atoms with E-state index in [1.807, 2.05) is 13.0 Å². The number of aromatic amines is 1. The number of aromatic nitrogens is 4. The molecule has 0 bridgehead atoms. The van der Waals surface area contributed by atoms with Crippen molar-refractivity contribution in [2.24, 2.45) is 0 Å². The fourth-order valence-corrected chi connectivity index (χ4v) is 2.26. The van der Waals surface area contributed by atoms with Crippen LogP contribution < -0.4 is 5.56 Å².